The Morgan fingerprint density at radius 1 is 0.886 bits per heavy atom. The van der Waals surface area contributed by atoms with Crippen LogP contribution in [0.2, 0.25) is 0 Å². The molecule has 0 spiro atoms. The SMILES string of the molecule is CC(C)CC(N)C(=O)NC(CC(=O)O)C(=O)NC(Cc1ccc(O)cc1)C(=O)NC(CS)C(=O)O. The van der Waals surface area contributed by atoms with E-state index in [4.69, 9.17) is 5.73 Å². The Labute approximate surface area is 208 Å². The summed E-state index contributed by atoms with van der Waals surface area (Å²) in [4.78, 5) is 60.7. The van der Waals surface area contributed by atoms with Crippen molar-refractivity contribution in [3.05, 3.63) is 29.8 Å². The number of benzene rings is 1. The first-order valence-electron chi connectivity index (χ1n) is 10.8. The average molecular weight is 513 g/mol. The fourth-order valence-corrected chi connectivity index (χ4v) is 3.33. The third-order valence-corrected chi connectivity index (χ3v) is 5.25. The molecule has 0 heterocycles. The van der Waals surface area contributed by atoms with Gasteiger partial charge in [0.1, 0.15) is 23.9 Å². The quantitative estimate of drug-likeness (QED) is 0.147. The standard InChI is InChI=1S/C22H32N4O8S/c1-11(2)7-14(23)19(30)24-16(9-18(28)29)21(32)25-15(8-12-3-5-13(27)6-4-12)20(31)26-17(10-35)22(33)34/h3-6,11,14-17,27,35H,7-10,23H2,1-2H3,(H,24,30)(H,25,32)(H,26,31)(H,28,29)(H,33,34). The highest BCUT2D eigenvalue weighted by Crippen LogP contribution is 2.12. The Balaban J connectivity index is 3.12. The molecule has 13 heteroatoms. The molecule has 12 nitrogen and oxygen atoms in total. The number of nitrogens with one attached hydrogen (secondary N) is 3. The Morgan fingerprint density at radius 2 is 1.40 bits per heavy atom. The zero-order valence-electron chi connectivity index (χ0n) is 19.4. The number of carbonyl (C=O) groups is 5. The first-order valence-corrected chi connectivity index (χ1v) is 11.5. The van der Waals surface area contributed by atoms with Gasteiger partial charge in [0.15, 0.2) is 0 Å². The average Bonchev–Trinajstić information content (AvgIpc) is 2.76. The van der Waals surface area contributed by atoms with Gasteiger partial charge in [-0.15, -0.1) is 0 Å². The smallest absolute Gasteiger partial charge is 0.327 e. The molecule has 0 aliphatic heterocycles. The van der Waals surface area contributed by atoms with E-state index in [0.29, 0.717) is 12.0 Å². The first-order chi connectivity index (χ1) is 16.3. The van der Waals surface area contributed by atoms with Gasteiger partial charge in [-0.25, -0.2) is 4.79 Å². The van der Waals surface area contributed by atoms with E-state index in [1.165, 1.54) is 24.3 Å². The van der Waals surface area contributed by atoms with E-state index in [0.717, 1.165) is 0 Å². The van der Waals surface area contributed by atoms with Gasteiger partial charge in [0, 0.05) is 12.2 Å². The molecule has 0 radical (unpaired) electrons. The minimum atomic E-state index is -1.53. The summed E-state index contributed by atoms with van der Waals surface area (Å²) in [6.45, 7) is 3.69. The second-order valence-electron chi connectivity index (χ2n) is 8.41. The Bertz CT molecular complexity index is 909. The molecule has 1 aromatic rings. The number of nitrogens with two attached hydrogens (primary N) is 1. The minimum absolute atomic E-state index is 0.0261. The molecule has 0 aromatic heterocycles. The predicted octanol–water partition coefficient (Wildman–Crippen LogP) is -0.748. The number of aliphatic carboxylic acids is 2. The van der Waals surface area contributed by atoms with Gasteiger partial charge in [-0.3, -0.25) is 19.2 Å². The maximum Gasteiger partial charge on any atom is 0.327 e. The molecule has 4 atom stereocenters. The number of carboxylic acids is 2. The molecule has 0 saturated carbocycles. The number of carboxylic acid groups (broad SMARTS) is 2. The summed E-state index contributed by atoms with van der Waals surface area (Å²) in [7, 11) is 0. The van der Waals surface area contributed by atoms with Crippen molar-refractivity contribution in [2.45, 2.75) is 57.3 Å². The number of carbonyl (C=O) groups excluding carboxylic acids is 3. The molecule has 3 amide bonds. The highest BCUT2D eigenvalue weighted by Gasteiger charge is 2.31. The lowest BCUT2D eigenvalue weighted by Crippen LogP contribution is -2.58. The van der Waals surface area contributed by atoms with Crippen LogP contribution in [0.3, 0.4) is 0 Å². The van der Waals surface area contributed by atoms with Crippen LogP contribution in [0, 0.1) is 5.92 Å². The highest BCUT2D eigenvalue weighted by molar-refractivity contribution is 7.80. The largest absolute Gasteiger partial charge is 0.508 e. The van der Waals surface area contributed by atoms with Crippen LogP contribution in [0.4, 0.5) is 0 Å². The van der Waals surface area contributed by atoms with Crippen molar-refractivity contribution in [1.82, 2.24) is 16.0 Å². The van der Waals surface area contributed by atoms with Crippen LogP contribution in [-0.2, 0) is 30.4 Å². The summed E-state index contributed by atoms with van der Waals surface area (Å²) in [5, 5.41) is 34.8. The van der Waals surface area contributed by atoms with E-state index in [1.54, 1.807) is 0 Å². The van der Waals surface area contributed by atoms with Crippen LogP contribution in [-0.4, -0.2) is 74.9 Å². The summed E-state index contributed by atoms with van der Waals surface area (Å²) in [5.74, 6) is -5.41. The van der Waals surface area contributed by atoms with Gasteiger partial charge in [-0.2, -0.15) is 12.6 Å². The molecule has 0 bridgehead atoms. The van der Waals surface area contributed by atoms with Crippen molar-refractivity contribution in [3.8, 4) is 5.75 Å². The topological polar surface area (TPSA) is 208 Å². The number of hydrogen-bond acceptors (Lipinski definition) is 8. The van der Waals surface area contributed by atoms with Crippen molar-refractivity contribution in [3.63, 3.8) is 0 Å². The normalized spacial score (nSPS) is 14.3. The van der Waals surface area contributed by atoms with Crippen LogP contribution in [0.25, 0.3) is 0 Å². The molecule has 0 fully saturated rings. The van der Waals surface area contributed by atoms with Crippen LogP contribution in [0.15, 0.2) is 24.3 Å². The van der Waals surface area contributed by atoms with Crippen LogP contribution in [0.5, 0.6) is 5.75 Å². The molecule has 1 aromatic carbocycles. The maximum absolute atomic E-state index is 12.9. The maximum atomic E-state index is 12.9. The number of rotatable bonds is 14. The van der Waals surface area contributed by atoms with Crippen molar-refractivity contribution in [1.29, 1.82) is 0 Å². The van der Waals surface area contributed by atoms with Crippen LogP contribution in [0.1, 0.15) is 32.3 Å². The lowest BCUT2D eigenvalue weighted by molar-refractivity contribution is -0.142. The molecule has 0 aliphatic rings. The Morgan fingerprint density at radius 3 is 1.89 bits per heavy atom. The minimum Gasteiger partial charge on any atom is -0.508 e. The molecule has 0 aliphatic carbocycles. The number of aromatic hydroxyl groups is 1. The summed E-state index contributed by atoms with van der Waals surface area (Å²) >= 11 is 3.89. The number of amides is 3. The lowest BCUT2D eigenvalue weighted by atomic mass is 10.0. The third-order valence-electron chi connectivity index (χ3n) is 4.88. The third kappa shape index (κ3) is 10.6. The van der Waals surface area contributed by atoms with Gasteiger partial charge in [0.05, 0.1) is 12.5 Å². The molecule has 194 valence electrons. The summed E-state index contributed by atoms with van der Waals surface area (Å²) < 4.78 is 0. The number of thiol groups is 1. The second kappa shape index (κ2) is 14.2. The molecule has 1 rings (SSSR count). The molecule has 8 N–H and O–H groups in total. The lowest BCUT2D eigenvalue weighted by Gasteiger charge is -2.24. The van der Waals surface area contributed by atoms with Crippen molar-refractivity contribution < 1.29 is 39.3 Å². The zero-order chi connectivity index (χ0) is 26.7. The predicted molar refractivity (Wildman–Crippen MR) is 129 cm³/mol. The van der Waals surface area contributed by atoms with Gasteiger partial charge in [0.2, 0.25) is 17.7 Å². The summed E-state index contributed by atoms with van der Waals surface area (Å²) in [6.07, 6.45) is -0.579. The Kier molecular flexibility index (Phi) is 12.0. The summed E-state index contributed by atoms with van der Waals surface area (Å²) in [6, 6.07) is 0.551. The van der Waals surface area contributed by atoms with E-state index >= 15 is 0 Å². The van der Waals surface area contributed by atoms with Gasteiger partial charge in [-0.05, 0) is 30.0 Å². The first kappa shape index (κ1) is 29.7. The van der Waals surface area contributed by atoms with E-state index in [1.807, 2.05) is 13.8 Å². The van der Waals surface area contributed by atoms with Crippen LogP contribution >= 0.6 is 12.6 Å². The number of phenols is 1. The van der Waals surface area contributed by atoms with Gasteiger partial charge < -0.3 is 37.0 Å². The molecule has 0 saturated heterocycles. The van der Waals surface area contributed by atoms with Crippen molar-refractivity contribution in [2.75, 3.05) is 5.75 Å². The van der Waals surface area contributed by atoms with E-state index in [-0.39, 0.29) is 23.8 Å². The zero-order valence-corrected chi connectivity index (χ0v) is 20.3. The van der Waals surface area contributed by atoms with Crippen LogP contribution < -0.4 is 21.7 Å². The van der Waals surface area contributed by atoms with Gasteiger partial charge >= 0.3 is 11.9 Å². The van der Waals surface area contributed by atoms with E-state index in [9.17, 15) is 39.3 Å². The number of hydrogen-bond donors (Lipinski definition) is 8. The Hall–Kier alpha value is -3.32. The molecule has 35 heavy (non-hydrogen) atoms. The highest BCUT2D eigenvalue weighted by atomic mass is 32.1. The second-order valence-corrected chi connectivity index (χ2v) is 8.77. The molecular formula is C22H32N4O8S. The number of phenolic OH excluding ortho intramolecular Hbond substituents is 1. The van der Waals surface area contributed by atoms with Gasteiger partial charge in [0.25, 0.3) is 0 Å². The molecular weight excluding hydrogens is 480 g/mol. The fourth-order valence-electron chi connectivity index (χ4n) is 3.08. The van der Waals surface area contributed by atoms with Crippen molar-refractivity contribution in [2.24, 2.45) is 11.7 Å². The molecule has 4 unspecified atom stereocenters. The van der Waals surface area contributed by atoms with Gasteiger partial charge in [-0.1, -0.05) is 26.0 Å². The van der Waals surface area contributed by atoms with E-state index in [2.05, 4.69) is 28.6 Å². The monoisotopic (exact) mass is 512 g/mol. The van der Waals surface area contributed by atoms with E-state index < -0.39 is 60.2 Å². The van der Waals surface area contributed by atoms with Crippen molar-refractivity contribution >= 4 is 42.3 Å². The summed E-state index contributed by atoms with van der Waals surface area (Å²) in [5.41, 5.74) is 6.33. The fraction of sp³-hybridized carbons (Fsp3) is 0.500.